The standard InChI is InChI=1S/C37H49NO12/c1-11-20(2)33(43)49-32-28-29(47-24(6)40)22(4)17-27(46-23(5)39)31(48-34(44)26-13-12-16-38-18-26)35(8,9)15-14-21(3)30(42)37(28,50-25(7)41)19-36(32,10)45/h12-16,18,20-21,27-29,31-32,45H,4,11,17,19H2,1-3,5-10H3/t20-,21+,27-,28+,29+,31-,32-,36-,37-/m1/s1. The van der Waals surface area contributed by atoms with E-state index in [1.807, 2.05) is 0 Å². The van der Waals surface area contributed by atoms with Gasteiger partial charge in [-0.15, -0.1) is 0 Å². The number of carbonyl (C=O) groups is 6. The van der Waals surface area contributed by atoms with E-state index in [-0.39, 0.29) is 17.6 Å². The molecule has 9 atom stereocenters. The van der Waals surface area contributed by atoms with Crippen molar-refractivity contribution in [1.82, 2.24) is 4.98 Å². The van der Waals surface area contributed by atoms with Gasteiger partial charge >= 0.3 is 29.8 Å². The summed E-state index contributed by atoms with van der Waals surface area (Å²) in [6.07, 6.45) is 0.0224. The third kappa shape index (κ3) is 8.85. The number of fused-ring (bicyclic) bond motifs is 1. The van der Waals surface area contributed by atoms with E-state index in [1.165, 1.54) is 38.4 Å². The molecule has 0 saturated heterocycles. The lowest BCUT2D eigenvalue weighted by Crippen LogP contribution is -2.57. The third-order valence-corrected chi connectivity index (χ3v) is 9.33. The lowest BCUT2D eigenvalue weighted by molar-refractivity contribution is -0.188. The number of Topliss-reactive ketones (excluding diaryl/α,β-unsaturated/α-hetero) is 1. The number of carbonyl (C=O) groups excluding carboxylic acids is 6. The number of pyridine rings is 1. The van der Waals surface area contributed by atoms with Crippen molar-refractivity contribution in [3.8, 4) is 0 Å². The van der Waals surface area contributed by atoms with Crippen molar-refractivity contribution in [1.29, 1.82) is 0 Å². The minimum atomic E-state index is -2.19. The molecule has 0 bridgehead atoms. The molecule has 1 aromatic heterocycles. The van der Waals surface area contributed by atoms with Crippen LogP contribution < -0.4 is 0 Å². The lowest BCUT2D eigenvalue weighted by atomic mass is 9.72. The summed E-state index contributed by atoms with van der Waals surface area (Å²) in [4.78, 5) is 83.5. The maximum Gasteiger partial charge on any atom is 0.340 e. The van der Waals surface area contributed by atoms with Crippen LogP contribution in [0.2, 0.25) is 0 Å². The molecule has 3 rings (SSSR count). The van der Waals surface area contributed by atoms with Gasteiger partial charge in [0.05, 0.1) is 17.4 Å². The van der Waals surface area contributed by atoms with Crippen LogP contribution in [-0.2, 0) is 47.7 Å². The Morgan fingerprint density at radius 3 is 2.18 bits per heavy atom. The van der Waals surface area contributed by atoms with E-state index in [1.54, 1.807) is 46.8 Å². The number of rotatable bonds is 8. The number of aromatic nitrogens is 1. The molecule has 13 heteroatoms. The van der Waals surface area contributed by atoms with E-state index in [4.69, 9.17) is 23.7 Å². The molecule has 1 aromatic rings. The highest BCUT2D eigenvalue weighted by Gasteiger charge is 2.70. The first-order chi connectivity index (χ1) is 23.2. The van der Waals surface area contributed by atoms with Crippen LogP contribution in [0.25, 0.3) is 0 Å². The molecule has 0 spiro atoms. The van der Waals surface area contributed by atoms with Gasteiger partial charge in [0.25, 0.3) is 0 Å². The van der Waals surface area contributed by atoms with E-state index < -0.39 is 101 Å². The van der Waals surface area contributed by atoms with Crippen LogP contribution >= 0.6 is 0 Å². The summed E-state index contributed by atoms with van der Waals surface area (Å²) >= 11 is 0. The molecule has 50 heavy (non-hydrogen) atoms. The first-order valence-corrected chi connectivity index (χ1v) is 16.7. The molecule has 274 valence electrons. The average molecular weight is 700 g/mol. The molecule has 1 N–H and O–H groups in total. The van der Waals surface area contributed by atoms with E-state index >= 15 is 0 Å². The molecule has 0 aromatic carbocycles. The summed E-state index contributed by atoms with van der Waals surface area (Å²) in [6, 6.07) is 3.06. The normalized spacial score (nSPS) is 31.6. The van der Waals surface area contributed by atoms with Gasteiger partial charge < -0.3 is 28.8 Å². The number of hydrogen-bond acceptors (Lipinski definition) is 13. The number of hydrogen-bond donors (Lipinski definition) is 1. The molecule has 0 radical (unpaired) electrons. The van der Waals surface area contributed by atoms with Crippen molar-refractivity contribution < 1.29 is 57.6 Å². The second-order valence-electron chi connectivity index (χ2n) is 14.2. The largest absolute Gasteiger partial charge is 0.458 e. The Morgan fingerprint density at radius 1 is 1.00 bits per heavy atom. The first kappa shape index (κ1) is 40.0. The highest BCUT2D eigenvalue weighted by Crippen LogP contribution is 2.52. The number of nitrogens with zero attached hydrogens (tertiary/aromatic N) is 1. The van der Waals surface area contributed by atoms with E-state index in [0.29, 0.717) is 6.42 Å². The Hall–Kier alpha value is -4.39. The molecule has 0 amide bonds. The van der Waals surface area contributed by atoms with Gasteiger partial charge in [-0.25, -0.2) is 4.79 Å². The Morgan fingerprint density at radius 2 is 1.64 bits per heavy atom. The van der Waals surface area contributed by atoms with Crippen LogP contribution in [0.3, 0.4) is 0 Å². The zero-order valence-corrected chi connectivity index (χ0v) is 30.2. The highest BCUT2D eigenvalue weighted by atomic mass is 16.6. The topological polar surface area (TPSA) is 182 Å². The van der Waals surface area contributed by atoms with E-state index in [9.17, 15) is 33.9 Å². The Bertz CT molecular complexity index is 1520. The van der Waals surface area contributed by atoms with E-state index in [2.05, 4.69) is 11.6 Å². The molecule has 1 fully saturated rings. The summed E-state index contributed by atoms with van der Waals surface area (Å²) in [6.45, 7) is 17.3. The minimum absolute atomic E-state index is 0.0403. The monoisotopic (exact) mass is 699 g/mol. The predicted molar refractivity (Wildman–Crippen MR) is 178 cm³/mol. The molecule has 0 unspecified atom stereocenters. The highest BCUT2D eigenvalue weighted by molar-refractivity contribution is 5.94. The summed E-state index contributed by atoms with van der Waals surface area (Å²) in [5.41, 5.74) is -5.11. The fraction of sp³-hybridized carbons (Fsp3) is 0.595. The van der Waals surface area contributed by atoms with Crippen molar-refractivity contribution in [3.05, 3.63) is 54.4 Å². The van der Waals surface area contributed by atoms with E-state index in [0.717, 1.165) is 13.8 Å². The zero-order valence-electron chi connectivity index (χ0n) is 30.2. The van der Waals surface area contributed by atoms with Gasteiger partial charge in [-0.1, -0.05) is 53.3 Å². The van der Waals surface area contributed by atoms with Crippen LogP contribution in [0.1, 0.15) is 91.9 Å². The van der Waals surface area contributed by atoms with Gasteiger partial charge in [0.2, 0.25) is 0 Å². The molecular formula is C37H49NO12. The van der Waals surface area contributed by atoms with Gasteiger partial charge in [-0.2, -0.15) is 0 Å². The maximum absolute atomic E-state index is 14.7. The van der Waals surface area contributed by atoms with Gasteiger partial charge in [-0.3, -0.25) is 29.0 Å². The number of esters is 5. The van der Waals surface area contributed by atoms with Crippen LogP contribution in [0.4, 0.5) is 0 Å². The van der Waals surface area contributed by atoms with Gasteiger partial charge in [0, 0.05) is 57.3 Å². The number of aliphatic hydroxyl groups is 1. The van der Waals surface area contributed by atoms with Crippen LogP contribution in [0, 0.1) is 23.2 Å². The molecule has 1 heterocycles. The SMILES string of the molecule is C=C1C[C@@H](OC(C)=O)[C@@H](OC(=O)c2cccnc2)C(C)(C)C=C[C@H](C)C(=O)[C@@]2(OC(C)=O)C[C@@](C)(O)[C@H](OC(=O)[C@H](C)CC)[C@@H]2[C@H]1OC(C)=O. The maximum atomic E-state index is 14.7. The number of ether oxygens (including phenoxy) is 5. The Balaban J connectivity index is 2.35. The van der Waals surface area contributed by atoms with Crippen molar-refractivity contribution in [2.45, 2.75) is 117 Å². The van der Waals surface area contributed by atoms with Crippen LogP contribution in [-0.4, -0.2) is 81.3 Å². The molecule has 13 nitrogen and oxygen atoms in total. The zero-order chi connectivity index (χ0) is 37.8. The lowest BCUT2D eigenvalue weighted by Gasteiger charge is -2.42. The van der Waals surface area contributed by atoms with Gasteiger partial charge in [0.15, 0.2) is 11.4 Å². The van der Waals surface area contributed by atoms with Crippen LogP contribution in [0.5, 0.6) is 0 Å². The third-order valence-electron chi connectivity index (χ3n) is 9.33. The van der Waals surface area contributed by atoms with Crippen molar-refractivity contribution in [2.75, 3.05) is 0 Å². The summed E-state index contributed by atoms with van der Waals surface area (Å²) in [7, 11) is 0. The second-order valence-corrected chi connectivity index (χ2v) is 14.2. The minimum Gasteiger partial charge on any atom is -0.458 e. The first-order valence-electron chi connectivity index (χ1n) is 16.7. The number of ketones is 1. The molecule has 1 saturated carbocycles. The summed E-state index contributed by atoms with van der Waals surface area (Å²) < 4.78 is 29.4. The molecule has 0 aliphatic heterocycles. The van der Waals surface area contributed by atoms with Gasteiger partial charge in [-0.05, 0) is 31.1 Å². The quantitative estimate of drug-likeness (QED) is 0.231. The fourth-order valence-electron chi connectivity index (χ4n) is 6.78. The Kier molecular flexibility index (Phi) is 12.5. The number of allylic oxidation sites excluding steroid dienone is 1. The summed E-state index contributed by atoms with van der Waals surface area (Å²) in [5, 5.41) is 11.9. The van der Waals surface area contributed by atoms with Crippen molar-refractivity contribution in [2.24, 2.45) is 23.2 Å². The smallest absolute Gasteiger partial charge is 0.340 e. The Labute approximate surface area is 292 Å². The van der Waals surface area contributed by atoms with Gasteiger partial charge in [0.1, 0.15) is 30.0 Å². The van der Waals surface area contributed by atoms with Crippen molar-refractivity contribution >= 4 is 35.6 Å². The molecule has 2 aliphatic rings. The molecule has 2 aliphatic carbocycles. The summed E-state index contributed by atoms with van der Waals surface area (Å²) in [5.74, 6) is -7.69. The second kappa shape index (κ2) is 15.7. The average Bonchev–Trinajstić information content (AvgIpc) is 3.24. The fourth-order valence-corrected chi connectivity index (χ4v) is 6.78. The molecular weight excluding hydrogens is 650 g/mol. The predicted octanol–water partition coefficient (Wildman–Crippen LogP) is 4.25. The van der Waals surface area contributed by atoms with Crippen molar-refractivity contribution in [3.63, 3.8) is 0 Å². The van der Waals surface area contributed by atoms with Crippen LogP contribution in [0.15, 0.2) is 48.8 Å².